The number of hydrogen-bond acceptors (Lipinski definition) is 0. The Morgan fingerprint density at radius 3 is 2.00 bits per heavy atom. The van der Waals surface area contributed by atoms with E-state index in [1.165, 1.54) is 24.8 Å². The minimum Gasteiger partial charge on any atom is -0.0859 e. The third-order valence-electron chi connectivity index (χ3n) is 1.20. The summed E-state index contributed by atoms with van der Waals surface area (Å²) < 4.78 is 0. The molecule has 0 saturated carbocycles. The molecule has 0 spiro atoms. The Bertz CT molecular complexity index is 70.1. The minimum atomic E-state index is 1.19. The summed E-state index contributed by atoms with van der Waals surface area (Å²) in [5, 5.41) is 0. The van der Waals surface area contributed by atoms with E-state index in [0.717, 1.165) is 0 Å². The highest BCUT2D eigenvalue weighted by molar-refractivity contribution is 4.96. The maximum Gasteiger partial charge on any atom is -0.0326 e. The molecule has 0 N–H and O–H groups in total. The molecular weight excluding hydrogens is 120 g/mol. The molecule has 0 nitrogen and oxygen atoms in total. The van der Waals surface area contributed by atoms with Crippen molar-refractivity contribution >= 4 is 0 Å². The minimum absolute atomic E-state index is 1.19. The predicted octanol–water partition coefficient (Wildman–Crippen LogP) is 4.17. The van der Waals surface area contributed by atoms with E-state index in [1.807, 2.05) is 13.8 Å². The van der Waals surface area contributed by atoms with Crippen molar-refractivity contribution in [3.05, 3.63) is 11.6 Å². The van der Waals surface area contributed by atoms with E-state index in [9.17, 15) is 0 Å². The zero-order valence-electron chi connectivity index (χ0n) is 8.20. The van der Waals surface area contributed by atoms with Crippen LogP contribution in [0.4, 0.5) is 0 Å². The van der Waals surface area contributed by atoms with E-state index >= 15 is 0 Å². The highest BCUT2D eigenvalue weighted by Crippen LogP contribution is 2.02. The first-order valence-corrected chi connectivity index (χ1v) is 4.46. The summed E-state index contributed by atoms with van der Waals surface area (Å²) >= 11 is 0. The van der Waals surface area contributed by atoms with E-state index in [-0.39, 0.29) is 0 Å². The van der Waals surface area contributed by atoms with Crippen molar-refractivity contribution in [1.82, 2.24) is 0 Å². The van der Waals surface area contributed by atoms with Crippen LogP contribution in [-0.2, 0) is 0 Å². The Hall–Kier alpha value is -0.260. The molecule has 0 saturated heterocycles. The van der Waals surface area contributed by atoms with E-state index in [1.54, 1.807) is 0 Å². The van der Waals surface area contributed by atoms with Crippen molar-refractivity contribution in [1.29, 1.82) is 0 Å². The van der Waals surface area contributed by atoms with Gasteiger partial charge in [0.05, 0.1) is 0 Å². The van der Waals surface area contributed by atoms with Crippen molar-refractivity contribution in [3.8, 4) is 0 Å². The van der Waals surface area contributed by atoms with Crippen LogP contribution in [-0.4, -0.2) is 0 Å². The fourth-order valence-electron chi connectivity index (χ4n) is 0.845. The van der Waals surface area contributed by atoms with Gasteiger partial charge in [-0.05, 0) is 19.8 Å². The van der Waals surface area contributed by atoms with Gasteiger partial charge in [-0.2, -0.15) is 0 Å². The first kappa shape index (κ1) is 12.4. The van der Waals surface area contributed by atoms with Crippen LogP contribution < -0.4 is 0 Å². The Morgan fingerprint density at radius 1 is 1.20 bits per heavy atom. The van der Waals surface area contributed by atoms with E-state index in [0.29, 0.717) is 0 Å². The fraction of sp³-hybridized carbons (Fsp3) is 0.800. The van der Waals surface area contributed by atoms with Gasteiger partial charge in [0.1, 0.15) is 0 Å². The van der Waals surface area contributed by atoms with Gasteiger partial charge in [-0.15, -0.1) is 0 Å². The topological polar surface area (TPSA) is 0 Å². The van der Waals surface area contributed by atoms with Crippen LogP contribution in [0.5, 0.6) is 0 Å². The second-order valence-electron chi connectivity index (χ2n) is 2.21. The predicted molar refractivity (Wildman–Crippen MR) is 50.3 cm³/mol. The molecule has 0 aliphatic carbocycles. The van der Waals surface area contributed by atoms with Crippen molar-refractivity contribution in [2.75, 3.05) is 0 Å². The van der Waals surface area contributed by atoms with Crippen LogP contribution in [0.3, 0.4) is 0 Å². The number of allylic oxidation sites excluding steroid dienone is 2. The summed E-state index contributed by atoms with van der Waals surface area (Å²) in [4.78, 5) is 0. The van der Waals surface area contributed by atoms with Crippen molar-refractivity contribution in [2.45, 2.75) is 53.9 Å². The molecule has 0 rings (SSSR count). The molecule has 0 heteroatoms. The van der Waals surface area contributed by atoms with Gasteiger partial charge in [0.25, 0.3) is 0 Å². The second kappa shape index (κ2) is 11.5. The van der Waals surface area contributed by atoms with Crippen molar-refractivity contribution < 1.29 is 0 Å². The van der Waals surface area contributed by atoms with Gasteiger partial charge >= 0.3 is 0 Å². The molecule has 0 aliphatic rings. The van der Waals surface area contributed by atoms with Crippen LogP contribution in [0.2, 0.25) is 0 Å². The monoisotopic (exact) mass is 142 g/mol. The summed E-state index contributed by atoms with van der Waals surface area (Å²) in [6.07, 6.45) is 6.03. The molecule has 0 aromatic carbocycles. The lowest BCUT2D eigenvalue weighted by Crippen LogP contribution is -1.72. The average Bonchev–Trinajstić information content (AvgIpc) is 1.93. The summed E-state index contributed by atoms with van der Waals surface area (Å²) in [7, 11) is 0. The number of rotatable bonds is 3. The molecule has 0 radical (unpaired) electrons. The number of hydrogen-bond donors (Lipinski definition) is 0. The lowest BCUT2D eigenvalue weighted by molar-refractivity contribution is 0.896. The van der Waals surface area contributed by atoms with Crippen molar-refractivity contribution in [2.24, 2.45) is 0 Å². The fourth-order valence-corrected chi connectivity index (χ4v) is 0.845. The van der Waals surface area contributed by atoms with Gasteiger partial charge in [0, 0.05) is 0 Å². The molecule has 0 heterocycles. The Morgan fingerprint density at radius 2 is 1.70 bits per heavy atom. The van der Waals surface area contributed by atoms with E-state index in [4.69, 9.17) is 0 Å². The molecule has 0 aliphatic heterocycles. The second-order valence-corrected chi connectivity index (χ2v) is 2.21. The zero-order chi connectivity index (χ0) is 8.41. The highest BCUT2D eigenvalue weighted by atomic mass is 13.9. The standard InChI is InChI=1S/C8H16.C2H6/c1-4-6-8(3)7-5-2;1-2/h6H,4-5,7H2,1-3H3;1-2H3/b8-6-;. The van der Waals surface area contributed by atoms with Gasteiger partial charge in [0.15, 0.2) is 0 Å². The molecule has 62 valence electrons. The van der Waals surface area contributed by atoms with Crippen LogP contribution in [0, 0.1) is 0 Å². The third kappa shape index (κ3) is 10.7. The van der Waals surface area contributed by atoms with Crippen LogP contribution in [0.25, 0.3) is 0 Å². The first-order valence-electron chi connectivity index (χ1n) is 4.46. The summed E-state index contributed by atoms with van der Waals surface area (Å²) in [5.74, 6) is 0. The maximum absolute atomic E-state index is 2.30. The maximum atomic E-state index is 2.30. The molecule has 0 atom stereocenters. The van der Waals surface area contributed by atoms with Crippen LogP contribution >= 0.6 is 0 Å². The molecule has 0 amide bonds. The quantitative estimate of drug-likeness (QED) is 0.519. The Balaban J connectivity index is 0. The van der Waals surface area contributed by atoms with E-state index in [2.05, 4.69) is 26.8 Å². The zero-order valence-corrected chi connectivity index (χ0v) is 8.20. The van der Waals surface area contributed by atoms with Crippen LogP contribution in [0.15, 0.2) is 11.6 Å². The van der Waals surface area contributed by atoms with E-state index < -0.39 is 0 Å². The van der Waals surface area contributed by atoms with Crippen molar-refractivity contribution in [3.63, 3.8) is 0 Å². The lowest BCUT2D eigenvalue weighted by atomic mass is 10.1. The Labute approximate surface area is 66.3 Å². The molecule has 10 heavy (non-hydrogen) atoms. The molecular formula is C10H22. The van der Waals surface area contributed by atoms with Gasteiger partial charge in [-0.3, -0.25) is 0 Å². The highest BCUT2D eigenvalue weighted by Gasteiger charge is 1.82. The Kier molecular flexibility index (Phi) is 14.3. The molecule has 0 aromatic rings. The third-order valence-corrected chi connectivity index (χ3v) is 1.20. The largest absolute Gasteiger partial charge is 0.0859 e. The lowest BCUT2D eigenvalue weighted by Gasteiger charge is -1.93. The van der Waals surface area contributed by atoms with Gasteiger partial charge < -0.3 is 0 Å². The van der Waals surface area contributed by atoms with Gasteiger partial charge in [-0.25, -0.2) is 0 Å². The van der Waals surface area contributed by atoms with Crippen LogP contribution in [0.1, 0.15) is 53.9 Å². The molecule has 0 bridgehead atoms. The SMILES string of the molecule is CC.CC/C=C(/C)CCC. The average molecular weight is 142 g/mol. The van der Waals surface area contributed by atoms with Gasteiger partial charge in [0.2, 0.25) is 0 Å². The molecule has 0 aromatic heterocycles. The molecule has 0 fully saturated rings. The van der Waals surface area contributed by atoms with Gasteiger partial charge in [-0.1, -0.05) is 45.8 Å². The summed E-state index contributed by atoms with van der Waals surface area (Å²) in [6.45, 7) is 10.6. The summed E-state index contributed by atoms with van der Waals surface area (Å²) in [6, 6.07) is 0. The molecule has 0 unspecified atom stereocenters. The first-order chi connectivity index (χ1) is 4.81. The summed E-state index contributed by atoms with van der Waals surface area (Å²) in [5.41, 5.74) is 1.54. The smallest absolute Gasteiger partial charge is 0.0326 e. The normalized spacial score (nSPS) is 10.3.